The normalized spacial score (nSPS) is 24.5. The highest BCUT2D eigenvalue weighted by atomic mass is 16.5. The van der Waals surface area contributed by atoms with Gasteiger partial charge in [0.2, 0.25) is 11.9 Å². The van der Waals surface area contributed by atoms with Crippen LogP contribution in [0.3, 0.4) is 0 Å². The van der Waals surface area contributed by atoms with E-state index in [1.54, 1.807) is 24.5 Å². The lowest BCUT2D eigenvalue weighted by Crippen LogP contribution is -2.74. The van der Waals surface area contributed by atoms with Crippen LogP contribution in [0.5, 0.6) is 11.5 Å². The molecule has 3 N–H and O–H groups in total. The van der Waals surface area contributed by atoms with E-state index >= 15 is 0 Å². The first-order chi connectivity index (χ1) is 28.9. The molecule has 61 heavy (non-hydrogen) atoms. The molecule has 2 saturated carbocycles. The molecule has 13 heteroatoms. The molecule has 2 aromatic carbocycles. The van der Waals surface area contributed by atoms with Crippen LogP contribution in [0.4, 0.5) is 5.95 Å². The second-order valence-electron chi connectivity index (χ2n) is 19.1. The Balaban J connectivity index is 0.845. The molecule has 2 aliphatic carbocycles. The number of rotatable bonds is 13. The number of carbonyl (C=O) groups excluding carboxylic acids is 3. The summed E-state index contributed by atoms with van der Waals surface area (Å²) in [7, 11) is 0. The number of nitrogens with zero attached hydrogens (tertiary/aromatic N) is 5. The van der Waals surface area contributed by atoms with E-state index in [0.29, 0.717) is 59.2 Å². The van der Waals surface area contributed by atoms with Crippen LogP contribution in [0.25, 0.3) is 0 Å². The van der Waals surface area contributed by atoms with E-state index in [1.807, 2.05) is 38.1 Å². The maximum absolute atomic E-state index is 13.5. The molecule has 3 amide bonds. The van der Waals surface area contributed by atoms with E-state index in [4.69, 9.17) is 9.47 Å². The Morgan fingerprint density at radius 3 is 2.11 bits per heavy atom. The summed E-state index contributed by atoms with van der Waals surface area (Å²) in [5.74, 6) is 1.98. The summed E-state index contributed by atoms with van der Waals surface area (Å²) in [6.07, 6.45) is 8.43. The van der Waals surface area contributed by atoms with Crippen molar-refractivity contribution in [2.75, 3.05) is 24.5 Å². The predicted molar refractivity (Wildman–Crippen MR) is 234 cm³/mol. The van der Waals surface area contributed by atoms with Crippen molar-refractivity contribution >= 4 is 23.7 Å². The number of anilines is 1. The number of benzene rings is 2. The van der Waals surface area contributed by atoms with Gasteiger partial charge in [-0.2, -0.15) is 5.26 Å². The van der Waals surface area contributed by atoms with Gasteiger partial charge < -0.3 is 30.3 Å². The first kappa shape index (κ1) is 43.6. The minimum absolute atomic E-state index is 0.125. The van der Waals surface area contributed by atoms with Crippen LogP contribution >= 0.6 is 0 Å². The number of amides is 3. The SMILES string of the molecule is C=C1CCC(NC(=O)c2ccc(OC3CC(N(CC4CCN(c5ncc(C(=O)NC6C(C)(C)C(Oc7cc(C)c(C#N)c(C)c7)C6(C)C)cn5)CC4)C(C)C)C3)cc2)C(=O)N1. The highest BCUT2D eigenvalue weighted by molar-refractivity contribution is 5.98. The fourth-order valence-corrected chi connectivity index (χ4v) is 10.3. The minimum Gasteiger partial charge on any atom is -0.490 e. The van der Waals surface area contributed by atoms with E-state index in [0.717, 1.165) is 67.9 Å². The number of aromatic nitrogens is 2. The first-order valence-electron chi connectivity index (χ1n) is 21.8. The molecule has 1 unspecified atom stereocenters. The van der Waals surface area contributed by atoms with Crippen molar-refractivity contribution < 1.29 is 23.9 Å². The number of piperidine rings is 2. The van der Waals surface area contributed by atoms with E-state index in [-0.39, 0.29) is 46.8 Å². The van der Waals surface area contributed by atoms with Crippen LogP contribution in [0, 0.1) is 41.9 Å². The molecule has 1 aromatic heterocycles. The summed E-state index contributed by atoms with van der Waals surface area (Å²) in [5, 5.41) is 18.3. The number of hydrogen-bond acceptors (Lipinski definition) is 10. The lowest BCUT2D eigenvalue weighted by molar-refractivity contribution is -0.164. The van der Waals surface area contributed by atoms with Crippen molar-refractivity contribution in [2.24, 2.45) is 16.7 Å². The summed E-state index contributed by atoms with van der Waals surface area (Å²) < 4.78 is 12.8. The standard InChI is InChI=1S/C48H62N8O5/c1-28(2)56(35-22-38(23-35)60-36-13-11-33(12-14-36)41(57)53-40-15-10-31(5)52-43(40)59)27-32-16-18-55(19-17-32)46-50-25-34(26-51-46)42(58)54-44-47(6,7)45(48(44,8)9)61-37-20-29(3)39(24-49)30(4)21-37/h11-14,20-21,25-26,28,32,35,38,40,44-45H,5,10,15-19,22-23,27H2,1-4,6-9H3,(H,52,59)(H,53,57)(H,54,58). The van der Waals surface area contributed by atoms with E-state index in [2.05, 4.69) is 89.9 Å². The average molecular weight is 831 g/mol. The highest BCUT2D eigenvalue weighted by Gasteiger charge is 2.64. The van der Waals surface area contributed by atoms with Crippen LogP contribution in [0.15, 0.2) is 61.1 Å². The van der Waals surface area contributed by atoms with Crippen LogP contribution < -0.4 is 30.3 Å². The third kappa shape index (κ3) is 9.25. The van der Waals surface area contributed by atoms with Gasteiger partial charge in [-0.3, -0.25) is 19.3 Å². The molecule has 4 aliphatic rings. The topological polar surface area (TPSA) is 162 Å². The number of carbonyl (C=O) groups is 3. The smallest absolute Gasteiger partial charge is 0.254 e. The van der Waals surface area contributed by atoms with Gasteiger partial charge in [-0.1, -0.05) is 34.3 Å². The zero-order valence-corrected chi connectivity index (χ0v) is 37.0. The van der Waals surface area contributed by atoms with Crippen molar-refractivity contribution in [1.82, 2.24) is 30.8 Å². The lowest BCUT2D eigenvalue weighted by atomic mass is 9.49. The van der Waals surface area contributed by atoms with Gasteiger partial charge in [0.15, 0.2) is 0 Å². The van der Waals surface area contributed by atoms with Gasteiger partial charge >= 0.3 is 0 Å². The first-order valence-corrected chi connectivity index (χ1v) is 21.8. The number of nitriles is 1. The molecule has 324 valence electrons. The molecule has 3 heterocycles. The Labute approximate surface area is 360 Å². The fraction of sp³-hybridized carbons (Fsp3) is 0.542. The van der Waals surface area contributed by atoms with Crippen molar-refractivity contribution in [3.05, 3.63) is 88.9 Å². The van der Waals surface area contributed by atoms with Gasteiger partial charge in [0.1, 0.15) is 29.7 Å². The van der Waals surface area contributed by atoms with Crippen LogP contribution in [0.2, 0.25) is 0 Å². The zero-order valence-electron chi connectivity index (χ0n) is 37.0. The van der Waals surface area contributed by atoms with Crippen LogP contribution in [0.1, 0.15) is 117 Å². The Bertz CT molecular complexity index is 2130. The average Bonchev–Trinajstić information content (AvgIpc) is 3.20. The Morgan fingerprint density at radius 2 is 1.54 bits per heavy atom. The number of allylic oxidation sites excluding steroid dienone is 1. The van der Waals surface area contributed by atoms with Crippen molar-refractivity contribution in [3.63, 3.8) is 0 Å². The highest BCUT2D eigenvalue weighted by Crippen LogP contribution is 2.55. The molecular formula is C48H62N8O5. The predicted octanol–water partition coefficient (Wildman–Crippen LogP) is 6.64. The second kappa shape index (κ2) is 17.5. The summed E-state index contributed by atoms with van der Waals surface area (Å²) in [6.45, 7) is 23.4. The fourth-order valence-electron chi connectivity index (χ4n) is 10.3. The van der Waals surface area contributed by atoms with Crippen molar-refractivity contribution in [1.29, 1.82) is 5.26 Å². The maximum atomic E-state index is 13.5. The molecule has 1 atom stereocenters. The van der Waals surface area contributed by atoms with E-state index in [1.165, 1.54) is 0 Å². The Kier molecular flexibility index (Phi) is 12.5. The van der Waals surface area contributed by atoms with Crippen molar-refractivity contribution in [3.8, 4) is 17.6 Å². The van der Waals surface area contributed by atoms with Crippen LogP contribution in [-0.4, -0.2) is 88.6 Å². The number of nitrogens with one attached hydrogen (secondary N) is 3. The number of ether oxygens (including phenoxy) is 2. The van der Waals surface area contributed by atoms with Gasteiger partial charge in [0.05, 0.1) is 17.2 Å². The maximum Gasteiger partial charge on any atom is 0.254 e. The molecule has 7 rings (SSSR count). The summed E-state index contributed by atoms with van der Waals surface area (Å²) >= 11 is 0. The molecular weight excluding hydrogens is 769 g/mol. The Hall–Kier alpha value is -5.48. The number of hydrogen-bond donors (Lipinski definition) is 3. The van der Waals surface area contributed by atoms with Gasteiger partial charge in [-0.15, -0.1) is 0 Å². The summed E-state index contributed by atoms with van der Waals surface area (Å²) in [5.41, 5.74) is 3.37. The van der Waals surface area contributed by atoms with Gasteiger partial charge in [0.25, 0.3) is 11.8 Å². The minimum atomic E-state index is -0.557. The van der Waals surface area contributed by atoms with E-state index < -0.39 is 6.04 Å². The van der Waals surface area contributed by atoms with E-state index in [9.17, 15) is 19.6 Å². The molecule has 3 aromatic rings. The molecule has 2 aliphatic heterocycles. The largest absolute Gasteiger partial charge is 0.490 e. The monoisotopic (exact) mass is 830 g/mol. The summed E-state index contributed by atoms with van der Waals surface area (Å²) in [6, 6.07) is 13.4. The third-order valence-electron chi connectivity index (χ3n) is 13.5. The summed E-state index contributed by atoms with van der Waals surface area (Å²) in [4.78, 5) is 52.6. The molecule has 2 saturated heterocycles. The molecule has 0 spiro atoms. The van der Waals surface area contributed by atoms with Crippen molar-refractivity contribution in [2.45, 2.75) is 130 Å². The van der Waals surface area contributed by atoms with Gasteiger partial charge in [0, 0.05) is 85.1 Å². The number of aryl methyl sites for hydroxylation is 2. The third-order valence-corrected chi connectivity index (χ3v) is 13.5. The van der Waals surface area contributed by atoms with Gasteiger partial charge in [-0.25, -0.2) is 9.97 Å². The lowest BCUT2D eigenvalue weighted by Gasteiger charge is -2.63. The Morgan fingerprint density at radius 1 is 0.934 bits per heavy atom. The van der Waals surface area contributed by atoms with Gasteiger partial charge in [-0.05, 0) is 107 Å². The quantitative estimate of drug-likeness (QED) is 0.170. The molecule has 4 fully saturated rings. The molecule has 0 radical (unpaired) electrons. The second-order valence-corrected chi connectivity index (χ2v) is 19.1. The molecule has 13 nitrogen and oxygen atoms in total. The molecule has 0 bridgehead atoms. The zero-order chi connectivity index (χ0) is 43.8. The van der Waals surface area contributed by atoms with Crippen LogP contribution in [-0.2, 0) is 4.79 Å².